The standard InChI is InChI=1S/C11H15ClO5/c1-10(2)15-6-8(16-10)11(17-9(6)14-3)4-5(13)7(11)12/h6-9H,4H2,1-3H3/t6-,7-,8+,9-,11-/m1/s1. The van der Waals surface area contributed by atoms with Gasteiger partial charge in [-0.15, -0.1) is 11.6 Å². The van der Waals surface area contributed by atoms with Crippen LogP contribution < -0.4 is 0 Å². The van der Waals surface area contributed by atoms with Crippen molar-refractivity contribution in [1.82, 2.24) is 0 Å². The molecule has 0 bridgehead atoms. The van der Waals surface area contributed by atoms with Crippen LogP contribution >= 0.6 is 11.6 Å². The SMILES string of the molecule is CO[C@@H]1O[C@@]2(CC(=O)[C@H]2Cl)[C@H]2OC(C)(C)O[C@@H]12. The van der Waals surface area contributed by atoms with Crippen molar-refractivity contribution in [2.24, 2.45) is 0 Å². The zero-order chi connectivity index (χ0) is 12.4. The molecule has 2 heterocycles. The van der Waals surface area contributed by atoms with Crippen LogP contribution in [0, 0.1) is 0 Å². The number of halogens is 1. The van der Waals surface area contributed by atoms with Crippen molar-refractivity contribution < 1.29 is 23.7 Å². The van der Waals surface area contributed by atoms with Gasteiger partial charge in [0.15, 0.2) is 17.9 Å². The predicted molar refractivity (Wildman–Crippen MR) is 57.7 cm³/mol. The highest BCUT2D eigenvalue weighted by Crippen LogP contribution is 2.53. The smallest absolute Gasteiger partial charge is 0.187 e. The molecular formula is C11H15ClO5. The zero-order valence-electron chi connectivity index (χ0n) is 9.94. The van der Waals surface area contributed by atoms with E-state index < -0.39 is 23.1 Å². The van der Waals surface area contributed by atoms with E-state index in [0.29, 0.717) is 0 Å². The molecule has 96 valence electrons. The van der Waals surface area contributed by atoms with Gasteiger partial charge in [0.25, 0.3) is 0 Å². The summed E-state index contributed by atoms with van der Waals surface area (Å²) < 4.78 is 22.6. The number of carbonyl (C=O) groups excluding carboxylic acids is 1. The molecule has 0 amide bonds. The molecule has 1 aliphatic carbocycles. The molecule has 0 aromatic carbocycles. The van der Waals surface area contributed by atoms with Crippen molar-refractivity contribution in [2.75, 3.05) is 7.11 Å². The summed E-state index contributed by atoms with van der Waals surface area (Å²) >= 11 is 6.08. The van der Waals surface area contributed by atoms with Crippen molar-refractivity contribution in [3.8, 4) is 0 Å². The molecule has 5 atom stereocenters. The van der Waals surface area contributed by atoms with Crippen molar-refractivity contribution in [2.45, 2.75) is 55.5 Å². The van der Waals surface area contributed by atoms with Gasteiger partial charge >= 0.3 is 0 Å². The Kier molecular flexibility index (Phi) is 2.39. The summed E-state index contributed by atoms with van der Waals surface area (Å²) in [5.41, 5.74) is -0.780. The lowest BCUT2D eigenvalue weighted by Gasteiger charge is -2.44. The Bertz CT molecular complexity index is 371. The van der Waals surface area contributed by atoms with Crippen LogP contribution in [0.5, 0.6) is 0 Å². The van der Waals surface area contributed by atoms with E-state index in [1.807, 2.05) is 13.8 Å². The normalized spacial score (nSPS) is 51.6. The predicted octanol–water partition coefficient (Wildman–Crippen LogP) is 0.828. The lowest BCUT2D eigenvalue weighted by Crippen LogP contribution is -2.63. The molecule has 3 aliphatic rings. The number of rotatable bonds is 1. The first kappa shape index (κ1) is 11.9. The van der Waals surface area contributed by atoms with Gasteiger partial charge in [0.2, 0.25) is 0 Å². The third kappa shape index (κ3) is 1.43. The summed E-state index contributed by atoms with van der Waals surface area (Å²) in [6.07, 6.45) is -0.940. The van der Waals surface area contributed by atoms with Crippen LogP contribution in [0.2, 0.25) is 0 Å². The van der Waals surface area contributed by atoms with Crippen molar-refractivity contribution in [1.29, 1.82) is 0 Å². The molecule has 1 spiro atoms. The number of methoxy groups -OCH3 is 1. The Balaban J connectivity index is 1.91. The number of hydrogen-bond acceptors (Lipinski definition) is 5. The number of ether oxygens (including phenoxy) is 4. The fourth-order valence-corrected chi connectivity index (χ4v) is 3.17. The Hall–Kier alpha value is -0.200. The molecule has 17 heavy (non-hydrogen) atoms. The Morgan fingerprint density at radius 1 is 1.35 bits per heavy atom. The quantitative estimate of drug-likeness (QED) is 0.655. The molecule has 0 N–H and O–H groups in total. The van der Waals surface area contributed by atoms with Crippen molar-refractivity contribution >= 4 is 17.4 Å². The Morgan fingerprint density at radius 3 is 2.59 bits per heavy atom. The van der Waals surface area contributed by atoms with Gasteiger partial charge in [-0.3, -0.25) is 4.79 Å². The molecule has 5 nitrogen and oxygen atoms in total. The number of ketones is 1. The summed E-state index contributed by atoms with van der Waals surface area (Å²) in [5, 5.41) is -0.673. The van der Waals surface area contributed by atoms with Gasteiger partial charge in [0.1, 0.15) is 23.2 Å². The van der Waals surface area contributed by atoms with E-state index in [0.717, 1.165) is 0 Å². The van der Waals surface area contributed by atoms with Crippen LogP contribution in [0.4, 0.5) is 0 Å². The first-order chi connectivity index (χ1) is 7.89. The summed E-state index contributed by atoms with van der Waals surface area (Å²) in [4.78, 5) is 11.4. The average Bonchev–Trinajstić information content (AvgIpc) is 2.72. The van der Waals surface area contributed by atoms with E-state index in [4.69, 9.17) is 30.5 Å². The maximum atomic E-state index is 11.4. The second-order valence-electron chi connectivity index (χ2n) is 5.20. The largest absolute Gasteiger partial charge is 0.353 e. The highest BCUT2D eigenvalue weighted by Gasteiger charge is 2.71. The number of Topliss-reactive ketones (excluding diaryl/α,β-unsaturated/α-hetero) is 1. The van der Waals surface area contributed by atoms with Crippen molar-refractivity contribution in [3.05, 3.63) is 0 Å². The number of fused-ring (bicyclic) bond motifs is 2. The highest BCUT2D eigenvalue weighted by molar-refractivity contribution is 6.35. The van der Waals surface area contributed by atoms with Crippen LogP contribution in [0.15, 0.2) is 0 Å². The van der Waals surface area contributed by atoms with Crippen LogP contribution in [-0.4, -0.2) is 48.2 Å². The van der Waals surface area contributed by atoms with Crippen LogP contribution in [-0.2, 0) is 23.7 Å². The van der Waals surface area contributed by atoms with E-state index in [2.05, 4.69) is 0 Å². The van der Waals surface area contributed by atoms with Gasteiger partial charge in [-0.05, 0) is 13.8 Å². The van der Waals surface area contributed by atoms with E-state index in [-0.39, 0.29) is 24.4 Å². The lowest BCUT2D eigenvalue weighted by molar-refractivity contribution is -0.258. The molecule has 1 saturated carbocycles. The number of hydrogen-bond donors (Lipinski definition) is 0. The molecule has 2 saturated heterocycles. The lowest BCUT2D eigenvalue weighted by atomic mass is 9.74. The van der Waals surface area contributed by atoms with Crippen LogP contribution in [0.1, 0.15) is 20.3 Å². The third-order valence-electron chi connectivity index (χ3n) is 3.61. The van der Waals surface area contributed by atoms with Crippen molar-refractivity contribution in [3.63, 3.8) is 0 Å². The minimum absolute atomic E-state index is 0.0181. The molecular weight excluding hydrogens is 248 g/mol. The molecule has 0 aromatic rings. The molecule has 0 radical (unpaired) electrons. The van der Waals surface area contributed by atoms with Gasteiger partial charge in [0.05, 0.1) is 0 Å². The molecule has 3 rings (SSSR count). The van der Waals surface area contributed by atoms with E-state index in [1.165, 1.54) is 0 Å². The van der Waals surface area contributed by atoms with Gasteiger partial charge in [-0.2, -0.15) is 0 Å². The van der Waals surface area contributed by atoms with E-state index in [1.54, 1.807) is 7.11 Å². The molecule has 2 aliphatic heterocycles. The first-order valence-electron chi connectivity index (χ1n) is 5.63. The number of alkyl halides is 1. The molecule has 0 unspecified atom stereocenters. The summed E-state index contributed by atoms with van der Waals surface area (Å²) in [7, 11) is 1.54. The third-order valence-corrected chi connectivity index (χ3v) is 4.22. The highest BCUT2D eigenvalue weighted by atomic mass is 35.5. The zero-order valence-corrected chi connectivity index (χ0v) is 10.7. The van der Waals surface area contributed by atoms with Gasteiger partial charge in [-0.25, -0.2) is 0 Å². The monoisotopic (exact) mass is 262 g/mol. The molecule has 6 heteroatoms. The van der Waals surface area contributed by atoms with Gasteiger partial charge < -0.3 is 18.9 Å². The Labute approximate surface area is 104 Å². The van der Waals surface area contributed by atoms with Gasteiger partial charge in [-0.1, -0.05) is 0 Å². The van der Waals surface area contributed by atoms with Crippen LogP contribution in [0.3, 0.4) is 0 Å². The summed E-state index contributed by atoms with van der Waals surface area (Å²) in [5.74, 6) is -0.714. The maximum absolute atomic E-state index is 11.4. The van der Waals surface area contributed by atoms with E-state index in [9.17, 15) is 4.79 Å². The first-order valence-corrected chi connectivity index (χ1v) is 6.06. The molecule has 3 fully saturated rings. The second kappa shape index (κ2) is 3.42. The topological polar surface area (TPSA) is 54.0 Å². The van der Waals surface area contributed by atoms with Gasteiger partial charge in [0, 0.05) is 13.5 Å². The number of carbonyl (C=O) groups is 1. The molecule has 0 aromatic heterocycles. The summed E-state index contributed by atoms with van der Waals surface area (Å²) in [6.45, 7) is 3.66. The second-order valence-corrected chi connectivity index (χ2v) is 5.64. The van der Waals surface area contributed by atoms with Crippen LogP contribution in [0.25, 0.3) is 0 Å². The fraction of sp³-hybridized carbons (Fsp3) is 0.909. The Morgan fingerprint density at radius 2 is 2.06 bits per heavy atom. The average molecular weight is 263 g/mol. The summed E-state index contributed by atoms with van der Waals surface area (Å²) in [6, 6.07) is 0. The fourth-order valence-electron chi connectivity index (χ4n) is 2.84. The minimum Gasteiger partial charge on any atom is -0.353 e. The van der Waals surface area contributed by atoms with E-state index >= 15 is 0 Å². The minimum atomic E-state index is -0.780. The maximum Gasteiger partial charge on any atom is 0.187 e.